The van der Waals surface area contributed by atoms with Crippen LogP contribution in [-0.4, -0.2) is 23.0 Å². The van der Waals surface area contributed by atoms with Gasteiger partial charge in [-0.05, 0) is 52.9 Å². The Balaban J connectivity index is 1.91. The summed E-state index contributed by atoms with van der Waals surface area (Å²) in [6.45, 7) is 9.22. The molecule has 3 rings (SSSR count). The largest absolute Gasteiger partial charge is 0.464 e. The summed E-state index contributed by atoms with van der Waals surface area (Å²) in [7, 11) is 1.32. The first-order chi connectivity index (χ1) is 12.2. The second-order valence-electron chi connectivity index (χ2n) is 8.06. The van der Waals surface area contributed by atoms with Gasteiger partial charge in [0, 0.05) is 5.56 Å². The molecule has 0 saturated carbocycles. The second-order valence-corrected chi connectivity index (χ2v) is 8.06. The van der Waals surface area contributed by atoms with Crippen LogP contribution in [0.2, 0.25) is 0 Å². The van der Waals surface area contributed by atoms with Gasteiger partial charge in [-0.3, -0.25) is 0 Å². The maximum absolute atomic E-state index is 11.4. The van der Waals surface area contributed by atoms with Crippen molar-refractivity contribution in [3.63, 3.8) is 0 Å². The Labute approximate surface area is 155 Å². The van der Waals surface area contributed by atoms with E-state index < -0.39 is 5.97 Å². The molecule has 0 fully saturated rings. The van der Waals surface area contributed by atoms with Crippen molar-refractivity contribution in [1.29, 1.82) is 0 Å². The van der Waals surface area contributed by atoms with Gasteiger partial charge in [0.25, 0.3) is 0 Å². The van der Waals surface area contributed by atoms with Crippen molar-refractivity contribution in [3.05, 3.63) is 58.7 Å². The molecule has 0 saturated heterocycles. The first kappa shape index (κ1) is 18.1. The highest BCUT2D eigenvalue weighted by Crippen LogP contribution is 2.45. The lowest BCUT2D eigenvalue weighted by molar-refractivity contribution is 0.0593. The van der Waals surface area contributed by atoms with E-state index in [4.69, 9.17) is 0 Å². The highest BCUT2D eigenvalue weighted by atomic mass is 16.5. The average molecular weight is 348 g/mol. The van der Waals surface area contributed by atoms with Crippen LogP contribution in [0, 0.1) is 11.8 Å². The highest BCUT2D eigenvalue weighted by Gasteiger charge is 2.36. The maximum Gasteiger partial charge on any atom is 0.358 e. The lowest BCUT2D eigenvalue weighted by Gasteiger charge is -2.41. The van der Waals surface area contributed by atoms with Gasteiger partial charge in [-0.2, -0.15) is 0 Å². The van der Waals surface area contributed by atoms with Crippen LogP contribution in [0.1, 0.15) is 73.4 Å². The van der Waals surface area contributed by atoms with E-state index >= 15 is 0 Å². The molecule has 4 heteroatoms. The summed E-state index contributed by atoms with van der Waals surface area (Å²) < 4.78 is 4.62. The molecular weight excluding hydrogens is 324 g/mol. The van der Waals surface area contributed by atoms with Crippen LogP contribution in [0.5, 0.6) is 0 Å². The number of carbonyl (C=O) groups is 1. The van der Waals surface area contributed by atoms with E-state index in [0.29, 0.717) is 5.69 Å². The van der Waals surface area contributed by atoms with Crippen molar-refractivity contribution >= 4 is 5.97 Å². The van der Waals surface area contributed by atoms with Gasteiger partial charge in [0.05, 0.1) is 19.5 Å². The Morgan fingerprint density at radius 3 is 2.31 bits per heavy atom. The molecule has 1 aliphatic rings. The molecule has 0 N–H and O–H groups in total. The normalized spacial score (nSPS) is 16.8. The van der Waals surface area contributed by atoms with E-state index in [1.165, 1.54) is 43.5 Å². The monoisotopic (exact) mass is 348 g/mol. The van der Waals surface area contributed by atoms with Crippen LogP contribution < -0.4 is 0 Å². The van der Waals surface area contributed by atoms with Crippen molar-refractivity contribution < 1.29 is 9.53 Å². The summed E-state index contributed by atoms with van der Waals surface area (Å²) >= 11 is 0. The van der Waals surface area contributed by atoms with E-state index in [1.54, 1.807) is 0 Å². The Morgan fingerprint density at radius 2 is 1.69 bits per heavy atom. The standard InChI is InChI=1S/C22H24N2O2/c1-21(2)10-11-22(3,4)18-12-15(7-9-17(18)21)6-8-16-13-24-19(14-23-16)20(25)26-5/h7,9,12-14H,10-11H2,1-5H3. The SMILES string of the molecule is COC(=O)c1cnc(C#Cc2ccc3c(c2)C(C)(C)CCC3(C)C)cn1. The quantitative estimate of drug-likeness (QED) is 0.577. The minimum absolute atomic E-state index is 0.157. The third-order valence-electron chi connectivity index (χ3n) is 5.23. The number of fused-ring (bicyclic) bond motifs is 1. The lowest BCUT2D eigenvalue weighted by Crippen LogP contribution is -2.33. The van der Waals surface area contributed by atoms with Gasteiger partial charge in [-0.25, -0.2) is 14.8 Å². The Kier molecular flexibility index (Phi) is 4.58. The topological polar surface area (TPSA) is 52.1 Å². The van der Waals surface area contributed by atoms with Gasteiger partial charge in [-0.15, -0.1) is 0 Å². The van der Waals surface area contributed by atoms with Crippen molar-refractivity contribution in [3.8, 4) is 11.8 Å². The summed E-state index contributed by atoms with van der Waals surface area (Å²) in [6.07, 6.45) is 5.24. The zero-order valence-electron chi connectivity index (χ0n) is 16.0. The van der Waals surface area contributed by atoms with E-state index in [1.807, 2.05) is 0 Å². The predicted octanol–water partition coefficient (Wildman–Crippen LogP) is 4.01. The summed E-state index contributed by atoms with van der Waals surface area (Å²) in [6, 6.07) is 6.50. The van der Waals surface area contributed by atoms with E-state index in [0.717, 1.165) is 5.56 Å². The Morgan fingerprint density at radius 1 is 1.00 bits per heavy atom. The van der Waals surface area contributed by atoms with Crippen LogP contribution in [0.4, 0.5) is 0 Å². The molecule has 0 amide bonds. The van der Waals surface area contributed by atoms with Crippen LogP contribution in [0.25, 0.3) is 0 Å². The molecule has 1 aliphatic carbocycles. The molecule has 134 valence electrons. The number of ether oxygens (including phenoxy) is 1. The van der Waals surface area contributed by atoms with Gasteiger partial charge < -0.3 is 4.74 Å². The molecule has 1 heterocycles. The molecule has 2 aromatic rings. The van der Waals surface area contributed by atoms with Gasteiger partial charge in [-0.1, -0.05) is 39.7 Å². The molecule has 4 nitrogen and oxygen atoms in total. The molecular formula is C22H24N2O2. The van der Waals surface area contributed by atoms with E-state index in [-0.39, 0.29) is 16.5 Å². The number of carbonyl (C=O) groups excluding carboxylic acids is 1. The smallest absolute Gasteiger partial charge is 0.358 e. The number of hydrogen-bond donors (Lipinski definition) is 0. The van der Waals surface area contributed by atoms with Gasteiger partial charge in [0.2, 0.25) is 0 Å². The molecule has 1 aromatic carbocycles. The predicted molar refractivity (Wildman–Crippen MR) is 101 cm³/mol. The van der Waals surface area contributed by atoms with E-state index in [2.05, 4.69) is 72.4 Å². The van der Waals surface area contributed by atoms with Crippen LogP contribution >= 0.6 is 0 Å². The summed E-state index contributed by atoms with van der Waals surface area (Å²) in [5, 5.41) is 0. The summed E-state index contributed by atoms with van der Waals surface area (Å²) in [4.78, 5) is 19.6. The fourth-order valence-corrected chi connectivity index (χ4v) is 3.41. The van der Waals surface area contributed by atoms with E-state index in [9.17, 15) is 4.79 Å². The lowest BCUT2D eigenvalue weighted by atomic mass is 9.63. The van der Waals surface area contributed by atoms with Crippen molar-refractivity contribution in [2.45, 2.75) is 51.4 Å². The fraction of sp³-hybridized carbons (Fsp3) is 0.409. The highest BCUT2D eigenvalue weighted by molar-refractivity contribution is 5.86. The number of hydrogen-bond acceptors (Lipinski definition) is 4. The van der Waals surface area contributed by atoms with Crippen molar-refractivity contribution in [1.82, 2.24) is 9.97 Å². The van der Waals surface area contributed by atoms with Crippen LogP contribution in [0.3, 0.4) is 0 Å². The third-order valence-corrected chi connectivity index (χ3v) is 5.23. The zero-order chi connectivity index (χ0) is 18.9. The van der Waals surface area contributed by atoms with Crippen molar-refractivity contribution in [2.75, 3.05) is 7.11 Å². The first-order valence-electron chi connectivity index (χ1n) is 8.80. The Bertz CT molecular complexity index is 900. The zero-order valence-corrected chi connectivity index (χ0v) is 16.0. The summed E-state index contributed by atoms with van der Waals surface area (Å²) in [5.74, 6) is 5.69. The summed E-state index contributed by atoms with van der Waals surface area (Å²) in [5.41, 5.74) is 4.82. The number of aromatic nitrogens is 2. The average Bonchev–Trinajstić information content (AvgIpc) is 2.63. The van der Waals surface area contributed by atoms with Gasteiger partial charge >= 0.3 is 5.97 Å². The van der Waals surface area contributed by atoms with Gasteiger partial charge in [0.1, 0.15) is 5.69 Å². The number of esters is 1. The fourth-order valence-electron chi connectivity index (χ4n) is 3.41. The number of methoxy groups -OCH3 is 1. The number of rotatable bonds is 1. The molecule has 0 spiro atoms. The number of nitrogens with zero attached hydrogens (tertiary/aromatic N) is 2. The Hall–Kier alpha value is -2.67. The maximum atomic E-state index is 11.4. The molecule has 26 heavy (non-hydrogen) atoms. The minimum atomic E-state index is -0.503. The minimum Gasteiger partial charge on any atom is -0.464 e. The first-order valence-corrected chi connectivity index (χ1v) is 8.80. The number of benzene rings is 1. The van der Waals surface area contributed by atoms with Crippen LogP contribution in [0.15, 0.2) is 30.6 Å². The van der Waals surface area contributed by atoms with Crippen molar-refractivity contribution in [2.24, 2.45) is 0 Å². The molecule has 0 bridgehead atoms. The second kappa shape index (κ2) is 6.57. The molecule has 1 aromatic heterocycles. The molecule has 0 radical (unpaired) electrons. The molecule has 0 atom stereocenters. The van der Waals surface area contributed by atoms with Gasteiger partial charge in [0.15, 0.2) is 5.69 Å². The molecule has 0 aliphatic heterocycles. The molecule has 0 unspecified atom stereocenters. The van der Waals surface area contributed by atoms with Crippen LogP contribution in [-0.2, 0) is 15.6 Å². The third kappa shape index (κ3) is 3.48.